The van der Waals surface area contributed by atoms with Gasteiger partial charge in [-0.1, -0.05) is 18.2 Å². The number of benzene rings is 2. The lowest BCUT2D eigenvalue weighted by atomic mass is 10.1. The molecule has 2 rings (SSSR count). The summed E-state index contributed by atoms with van der Waals surface area (Å²) in [5.41, 5.74) is 4.05. The Balaban J connectivity index is 2.03. The number of nitrogens with one attached hydrogen (secondary N) is 1. The summed E-state index contributed by atoms with van der Waals surface area (Å²) in [6, 6.07) is 18.3. The van der Waals surface area contributed by atoms with Crippen LogP contribution in [0.3, 0.4) is 0 Å². The van der Waals surface area contributed by atoms with Crippen molar-refractivity contribution < 1.29 is 0 Å². The van der Waals surface area contributed by atoms with Crippen LogP contribution in [0.1, 0.15) is 25.0 Å². The molecule has 1 N–H and O–H groups in total. The van der Waals surface area contributed by atoms with E-state index in [1.165, 1.54) is 5.69 Å². The van der Waals surface area contributed by atoms with Crippen LogP contribution in [-0.4, -0.2) is 13.1 Å². The highest BCUT2D eigenvalue weighted by Gasteiger charge is 2.03. The van der Waals surface area contributed by atoms with Gasteiger partial charge >= 0.3 is 0 Å². The second-order valence-corrected chi connectivity index (χ2v) is 4.84. The number of rotatable bonds is 6. The molecule has 0 unspecified atom stereocenters. The van der Waals surface area contributed by atoms with Crippen LogP contribution < -0.4 is 10.2 Å². The van der Waals surface area contributed by atoms with Gasteiger partial charge in [-0.05, 0) is 49.7 Å². The highest BCUT2D eigenvalue weighted by Crippen LogP contribution is 2.18. The largest absolute Gasteiger partial charge is 0.381 e. The number of hydrogen-bond acceptors (Lipinski definition) is 3. The maximum Gasteiger partial charge on any atom is 0.0995 e. The van der Waals surface area contributed by atoms with E-state index in [0.717, 1.165) is 29.9 Å². The fourth-order valence-electron chi connectivity index (χ4n) is 2.36. The smallest absolute Gasteiger partial charge is 0.0995 e. The zero-order valence-corrected chi connectivity index (χ0v) is 12.6. The fraction of sp³-hybridized carbons (Fsp3) is 0.278. The molecule has 108 valence electrons. The highest BCUT2D eigenvalue weighted by atomic mass is 15.1. The average molecular weight is 279 g/mol. The van der Waals surface area contributed by atoms with E-state index in [2.05, 4.69) is 54.4 Å². The van der Waals surface area contributed by atoms with E-state index in [0.29, 0.717) is 6.54 Å². The number of nitrogens with zero attached hydrogens (tertiary/aromatic N) is 2. The summed E-state index contributed by atoms with van der Waals surface area (Å²) in [6.45, 7) is 7.01. The molecule has 2 aromatic carbocycles. The molecule has 0 aliphatic heterocycles. The van der Waals surface area contributed by atoms with E-state index >= 15 is 0 Å². The lowest BCUT2D eigenvalue weighted by molar-refractivity contribution is 0.866. The minimum absolute atomic E-state index is 0.661. The van der Waals surface area contributed by atoms with Gasteiger partial charge in [-0.15, -0.1) is 0 Å². The molecular formula is C18H21N3. The highest BCUT2D eigenvalue weighted by molar-refractivity contribution is 5.55. The van der Waals surface area contributed by atoms with Crippen LogP contribution in [0.15, 0.2) is 48.5 Å². The first-order chi connectivity index (χ1) is 10.3. The van der Waals surface area contributed by atoms with Gasteiger partial charge in [0.15, 0.2) is 0 Å². The fourth-order valence-corrected chi connectivity index (χ4v) is 2.36. The standard InChI is InChI=1S/C18H21N3/c1-3-21(4-2)18-11-9-17(10-12-18)20-14-16-8-6-5-7-15(16)13-19/h5-12,20H,3-4,14H2,1-2H3. The molecule has 0 radical (unpaired) electrons. The van der Waals surface area contributed by atoms with Crippen LogP contribution in [0.2, 0.25) is 0 Å². The Hall–Kier alpha value is -2.47. The van der Waals surface area contributed by atoms with E-state index in [1.807, 2.05) is 24.3 Å². The molecule has 0 fully saturated rings. The Morgan fingerprint density at radius 1 is 1.00 bits per heavy atom. The Bertz CT molecular complexity index is 607. The summed E-state index contributed by atoms with van der Waals surface area (Å²) in [6.07, 6.45) is 0. The van der Waals surface area contributed by atoms with Crippen LogP contribution in [0.25, 0.3) is 0 Å². The normalized spacial score (nSPS) is 9.95. The topological polar surface area (TPSA) is 39.1 Å². The summed E-state index contributed by atoms with van der Waals surface area (Å²) in [5, 5.41) is 12.5. The first-order valence-electron chi connectivity index (χ1n) is 7.35. The van der Waals surface area contributed by atoms with Crippen molar-refractivity contribution in [3.8, 4) is 6.07 Å². The molecule has 3 nitrogen and oxygen atoms in total. The maximum atomic E-state index is 9.08. The first-order valence-corrected chi connectivity index (χ1v) is 7.35. The molecule has 0 aromatic heterocycles. The number of hydrogen-bond donors (Lipinski definition) is 1. The summed E-state index contributed by atoms with van der Waals surface area (Å²) >= 11 is 0. The second kappa shape index (κ2) is 7.35. The molecule has 0 bridgehead atoms. The summed E-state index contributed by atoms with van der Waals surface area (Å²) in [7, 11) is 0. The van der Waals surface area contributed by atoms with Gasteiger partial charge in [-0.2, -0.15) is 5.26 Å². The second-order valence-electron chi connectivity index (χ2n) is 4.84. The number of nitriles is 1. The van der Waals surface area contributed by atoms with E-state index in [9.17, 15) is 0 Å². The molecule has 0 amide bonds. The third-order valence-electron chi connectivity index (χ3n) is 3.62. The summed E-state index contributed by atoms with van der Waals surface area (Å²) in [4.78, 5) is 2.31. The molecule has 0 aliphatic rings. The molecule has 3 heteroatoms. The monoisotopic (exact) mass is 279 g/mol. The molecule has 0 aliphatic carbocycles. The van der Waals surface area contributed by atoms with Crippen molar-refractivity contribution >= 4 is 11.4 Å². The van der Waals surface area contributed by atoms with Crippen molar-refractivity contribution in [1.29, 1.82) is 5.26 Å². The van der Waals surface area contributed by atoms with Crippen LogP contribution in [0.5, 0.6) is 0 Å². The third-order valence-corrected chi connectivity index (χ3v) is 3.62. The van der Waals surface area contributed by atoms with Crippen LogP contribution in [0, 0.1) is 11.3 Å². The maximum absolute atomic E-state index is 9.08. The zero-order chi connectivity index (χ0) is 15.1. The molecule has 0 atom stereocenters. The quantitative estimate of drug-likeness (QED) is 0.868. The lowest BCUT2D eigenvalue weighted by Gasteiger charge is -2.21. The van der Waals surface area contributed by atoms with Crippen LogP contribution >= 0.6 is 0 Å². The predicted molar refractivity (Wildman–Crippen MR) is 88.5 cm³/mol. The third kappa shape index (κ3) is 3.76. The predicted octanol–water partition coefficient (Wildman–Crippen LogP) is 4.02. The van der Waals surface area contributed by atoms with Gasteiger partial charge in [0.1, 0.15) is 0 Å². The molecular weight excluding hydrogens is 258 g/mol. The summed E-state index contributed by atoms with van der Waals surface area (Å²) < 4.78 is 0. The van der Waals surface area contributed by atoms with Crippen molar-refractivity contribution in [3.63, 3.8) is 0 Å². The van der Waals surface area contributed by atoms with Crippen molar-refractivity contribution in [2.75, 3.05) is 23.3 Å². The Labute approximate surface area is 126 Å². The minimum Gasteiger partial charge on any atom is -0.381 e. The molecule has 0 spiro atoms. The van der Waals surface area contributed by atoms with Gasteiger partial charge in [0.2, 0.25) is 0 Å². The SMILES string of the molecule is CCN(CC)c1ccc(NCc2ccccc2C#N)cc1. The number of anilines is 2. The molecule has 2 aromatic rings. The van der Waals surface area contributed by atoms with Crippen molar-refractivity contribution in [3.05, 3.63) is 59.7 Å². The molecule has 0 saturated carbocycles. The van der Waals surface area contributed by atoms with E-state index in [1.54, 1.807) is 0 Å². The molecule has 0 saturated heterocycles. The van der Waals surface area contributed by atoms with Gasteiger partial charge in [0, 0.05) is 31.0 Å². The average Bonchev–Trinajstić information content (AvgIpc) is 2.55. The van der Waals surface area contributed by atoms with Crippen molar-refractivity contribution in [1.82, 2.24) is 0 Å². The Morgan fingerprint density at radius 3 is 2.29 bits per heavy atom. The van der Waals surface area contributed by atoms with Gasteiger partial charge in [-0.3, -0.25) is 0 Å². The minimum atomic E-state index is 0.661. The van der Waals surface area contributed by atoms with E-state index < -0.39 is 0 Å². The van der Waals surface area contributed by atoms with E-state index in [4.69, 9.17) is 5.26 Å². The van der Waals surface area contributed by atoms with Crippen LogP contribution in [0.4, 0.5) is 11.4 Å². The van der Waals surface area contributed by atoms with Gasteiger partial charge in [0.05, 0.1) is 11.6 Å². The first kappa shape index (κ1) is 14.9. The zero-order valence-electron chi connectivity index (χ0n) is 12.6. The Kier molecular flexibility index (Phi) is 5.22. The van der Waals surface area contributed by atoms with Gasteiger partial charge in [-0.25, -0.2) is 0 Å². The lowest BCUT2D eigenvalue weighted by Crippen LogP contribution is -2.21. The van der Waals surface area contributed by atoms with Crippen LogP contribution in [-0.2, 0) is 6.54 Å². The van der Waals surface area contributed by atoms with Crippen molar-refractivity contribution in [2.24, 2.45) is 0 Å². The summed E-state index contributed by atoms with van der Waals surface area (Å²) in [5.74, 6) is 0. The Morgan fingerprint density at radius 2 is 1.67 bits per heavy atom. The van der Waals surface area contributed by atoms with Gasteiger partial charge < -0.3 is 10.2 Å². The molecule has 0 heterocycles. The van der Waals surface area contributed by atoms with Gasteiger partial charge in [0.25, 0.3) is 0 Å². The van der Waals surface area contributed by atoms with E-state index in [-0.39, 0.29) is 0 Å². The molecule has 21 heavy (non-hydrogen) atoms. The van der Waals surface area contributed by atoms with Crippen molar-refractivity contribution in [2.45, 2.75) is 20.4 Å².